The molecule has 35 heavy (non-hydrogen) atoms. The van der Waals surface area contributed by atoms with Crippen molar-refractivity contribution in [3.8, 4) is 0 Å². The van der Waals surface area contributed by atoms with Gasteiger partial charge in [-0.3, -0.25) is 23.3 Å². The molecule has 2 atom stereocenters. The molecule has 1 aromatic heterocycles. The highest BCUT2D eigenvalue weighted by molar-refractivity contribution is 7.54. The molecule has 3 aromatic rings. The molecule has 0 amide bonds. The number of halogens is 1. The number of hydrogen-bond acceptors (Lipinski definition) is 7. The van der Waals surface area contributed by atoms with Gasteiger partial charge < -0.3 is 9.05 Å². The van der Waals surface area contributed by atoms with Crippen LogP contribution < -0.4 is 11.2 Å². The van der Waals surface area contributed by atoms with Gasteiger partial charge in [-0.25, -0.2) is 9.18 Å². The summed E-state index contributed by atoms with van der Waals surface area (Å²) in [6, 6.07) is 12.6. The average Bonchev–Trinajstić information content (AvgIpc) is 3.21. The summed E-state index contributed by atoms with van der Waals surface area (Å²) < 4.78 is 40.6. The van der Waals surface area contributed by atoms with Crippen LogP contribution in [0, 0.1) is 5.82 Å². The van der Waals surface area contributed by atoms with Crippen LogP contribution in [-0.4, -0.2) is 46.3 Å². The molecule has 0 aliphatic carbocycles. The first-order valence-corrected chi connectivity index (χ1v) is 13.1. The molecule has 0 spiro atoms. The van der Waals surface area contributed by atoms with Crippen LogP contribution in [-0.2, 0) is 31.5 Å². The molecular weight excluding hydrogens is 476 g/mol. The molecule has 0 radical (unpaired) electrons. The molecule has 188 valence electrons. The third-order valence-electron chi connectivity index (χ3n) is 5.94. The van der Waals surface area contributed by atoms with Gasteiger partial charge in [-0.15, -0.1) is 0 Å². The van der Waals surface area contributed by atoms with Gasteiger partial charge in [0.05, 0.1) is 43.3 Å². The molecule has 9 nitrogen and oxygen atoms in total. The van der Waals surface area contributed by atoms with Gasteiger partial charge in [-0.2, -0.15) is 5.06 Å². The molecule has 0 N–H and O–H groups in total. The summed E-state index contributed by atoms with van der Waals surface area (Å²) in [4.78, 5) is 32.6. The largest absolute Gasteiger partial charge is 0.350 e. The lowest BCUT2D eigenvalue weighted by molar-refractivity contribution is -0.138. The van der Waals surface area contributed by atoms with Gasteiger partial charge in [0.15, 0.2) is 0 Å². The lowest BCUT2D eigenvalue weighted by Crippen LogP contribution is -2.42. The molecule has 11 heteroatoms. The van der Waals surface area contributed by atoms with E-state index in [2.05, 4.69) is 0 Å². The van der Waals surface area contributed by atoms with Gasteiger partial charge in [0.2, 0.25) is 0 Å². The molecule has 2 aromatic carbocycles. The number of rotatable bonds is 9. The molecular formula is C24H29FN3O6P. The standard InChI is InChI=1S/C24H29FN3O6P/c1-4-32-35(31,33-5-2)22-14-19(34-26(22)3)16-27-21-12-7-6-11-20(21)23(29)28(24(27)30)15-17-9-8-10-18(25)13-17/h6-13,19,22H,4-5,14-16H2,1-3H3/t19-,22+/m0/s1. The fourth-order valence-corrected chi connectivity index (χ4v) is 6.53. The minimum absolute atomic E-state index is 0.0712. The average molecular weight is 505 g/mol. The Morgan fingerprint density at radius 3 is 2.46 bits per heavy atom. The van der Waals surface area contributed by atoms with E-state index in [9.17, 15) is 18.5 Å². The van der Waals surface area contributed by atoms with E-state index in [4.69, 9.17) is 13.9 Å². The van der Waals surface area contributed by atoms with Crippen molar-refractivity contribution in [1.29, 1.82) is 0 Å². The summed E-state index contributed by atoms with van der Waals surface area (Å²) in [7, 11) is -1.82. The maximum Gasteiger partial charge on any atom is 0.350 e. The fraction of sp³-hybridized carbons (Fsp3) is 0.417. The Kier molecular flexibility index (Phi) is 7.68. The topological polar surface area (TPSA) is 92.0 Å². The second kappa shape index (κ2) is 10.6. The van der Waals surface area contributed by atoms with Crippen LogP contribution in [0.15, 0.2) is 58.1 Å². The molecule has 1 saturated heterocycles. The molecule has 1 aliphatic rings. The molecule has 0 bridgehead atoms. The van der Waals surface area contributed by atoms with Crippen LogP contribution in [0.1, 0.15) is 25.8 Å². The summed E-state index contributed by atoms with van der Waals surface area (Å²) in [5.74, 6) is -1.08. The van der Waals surface area contributed by atoms with Crippen LogP contribution in [0.2, 0.25) is 0 Å². The maximum atomic E-state index is 13.7. The van der Waals surface area contributed by atoms with Crippen molar-refractivity contribution in [3.63, 3.8) is 0 Å². The van der Waals surface area contributed by atoms with Gasteiger partial charge in [0.1, 0.15) is 11.6 Å². The van der Waals surface area contributed by atoms with Crippen molar-refractivity contribution >= 4 is 18.5 Å². The van der Waals surface area contributed by atoms with E-state index in [1.54, 1.807) is 51.2 Å². The third kappa shape index (κ3) is 5.17. The van der Waals surface area contributed by atoms with Crippen molar-refractivity contribution < 1.29 is 22.8 Å². The fourth-order valence-electron chi connectivity index (χ4n) is 4.45. The van der Waals surface area contributed by atoms with Crippen LogP contribution in [0.3, 0.4) is 0 Å². The van der Waals surface area contributed by atoms with Crippen LogP contribution in [0.4, 0.5) is 4.39 Å². The summed E-state index contributed by atoms with van der Waals surface area (Å²) in [5.41, 5.74) is -0.0288. The molecule has 0 saturated carbocycles. The summed E-state index contributed by atoms with van der Waals surface area (Å²) in [6.07, 6.45) is -0.210. The highest BCUT2D eigenvalue weighted by Crippen LogP contribution is 2.57. The zero-order valence-electron chi connectivity index (χ0n) is 19.9. The second-order valence-electron chi connectivity index (χ2n) is 8.30. The number of fused-ring (bicyclic) bond motifs is 1. The van der Waals surface area contributed by atoms with Crippen LogP contribution in [0.25, 0.3) is 10.9 Å². The molecule has 4 rings (SSSR count). The van der Waals surface area contributed by atoms with E-state index < -0.39 is 36.5 Å². The Balaban J connectivity index is 1.71. The van der Waals surface area contributed by atoms with E-state index in [1.165, 1.54) is 27.8 Å². The van der Waals surface area contributed by atoms with Crippen molar-refractivity contribution in [1.82, 2.24) is 14.2 Å². The smallest absolute Gasteiger partial charge is 0.308 e. The number of aromatic nitrogens is 2. The van der Waals surface area contributed by atoms with E-state index in [0.717, 1.165) is 4.57 Å². The third-order valence-corrected chi connectivity index (χ3v) is 8.44. The van der Waals surface area contributed by atoms with Crippen molar-refractivity contribution in [2.24, 2.45) is 0 Å². The maximum absolute atomic E-state index is 13.7. The van der Waals surface area contributed by atoms with Gasteiger partial charge in [0.25, 0.3) is 5.56 Å². The Morgan fingerprint density at radius 2 is 1.77 bits per heavy atom. The number of nitrogens with zero attached hydrogens (tertiary/aromatic N) is 3. The van der Waals surface area contributed by atoms with E-state index in [-0.39, 0.29) is 26.3 Å². The van der Waals surface area contributed by atoms with E-state index >= 15 is 0 Å². The minimum atomic E-state index is -3.47. The first-order valence-electron chi connectivity index (χ1n) is 11.5. The summed E-state index contributed by atoms with van der Waals surface area (Å²) in [5, 5.41) is 1.83. The monoisotopic (exact) mass is 505 g/mol. The van der Waals surface area contributed by atoms with Crippen LogP contribution >= 0.6 is 7.60 Å². The predicted octanol–water partition coefficient (Wildman–Crippen LogP) is 3.58. The Hall–Kier alpha value is -2.62. The Bertz CT molecular complexity index is 1360. The van der Waals surface area contributed by atoms with Gasteiger partial charge in [0, 0.05) is 13.5 Å². The summed E-state index contributed by atoms with van der Waals surface area (Å²) >= 11 is 0. The Labute approximate surface area is 202 Å². The molecule has 1 aliphatic heterocycles. The zero-order chi connectivity index (χ0) is 25.2. The first-order chi connectivity index (χ1) is 16.8. The lowest BCUT2D eigenvalue weighted by atomic mass is 10.2. The zero-order valence-corrected chi connectivity index (χ0v) is 20.8. The number of hydrogen-bond donors (Lipinski definition) is 0. The molecule has 1 fully saturated rings. The van der Waals surface area contributed by atoms with Gasteiger partial charge >= 0.3 is 13.3 Å². The quantitative estimate of drug-likeness (QED) is 0.411. The number of benzene rings is 2. The van der Waals surface area contributed by atoms with Crippen LogP contribution in [0.5, 0.6) is 0 Å². The predicted molar refractivity (Wildman–Crippen MR) is 130 cm³/mol. The van der Waals surface area contributed by atoms with Gasteiger partial charge in [-0.1, -0.05) is 24.3 Å². The highest BCUT2D eigenvalue weighted by Gasteiger charge is 2.46. The van der Waals surface area contributed by atoms with E-state index in [1.807, 2.05) is 0 Å². The lowest BCUT2D eigenvalue weighted by Gasteiger charge is -2.25. The normalized spacial score (nSPS) is 19.0. The van der Waals surface area contributed by atoms with Gasteiger partial charge in [-0.05, 0) is 43.7 Å². The van der Waals surface area contributed by atoms with Crippen molar-refractivity contribution in [3.05, 3.63) is 80.7 Å². The Morgan fingerprint density at radius 1 is 1.06 bits per heavy atom. The number of hydroxylamine groups is 2. The highest BCUT2D eigenvalue weighted by atomic mass is 31.2. The first kappa shape index (κ1) is 25.5. The van der Waals surface area contributed by atoms with Crippen molar-refractivity contribution in [2.75, 3.05) is 20.3 Å². The molecule has 2 heterocycles. The second-order valence-corrected chi connectivity index (χ2v) is 10.5. The SMILES string of the molecule is CCOP(=O)(OCC)[C@@H]1C[C@@H](Cn2c(=O)n(Cc3cccc(F)c3)c(=O)c3ccccc32)ON1C. The van der Waals surface area contributed by atoms with Crippen molar-refractivity contribution in [2.45, 2.75) is 45.2 Å². The van der Waals surface area contributed by atoms with E-state index in [0.29, 0.717) is 22.9 Å². The number of para-hydroxylation sites is 1. The minimum Gasteiger partial charge on any atom is -0.308 e. The summed E-state index contributed by atoms with van der Waals surface area (Å²) in [6.45, 7) is 3.97. The molecule has 0 unspecified atom stereocenters.